The Balaban J connectivity index is 2.17. The Morgan fingerprint density at radius 1 is 0.905 bits per heavy atom. The molecule has 112 valence electrons. The van der Waals surface area contributed by atoms with E-state index in [1.165, 1.54) is 12.8 Å². The number of benzene rings is 1. The van der Waals surface area contributed by atoms with Crippen molar-refractivity contribution >= 4 is 34.8 Å². The summed E-state index contributed by atoms with van der Waals surface area (Å²) in [5.41, 5.74) is 3.85. The standard InChI is InChI=1S/C16H17Cl3N2/c17-16(18,19)15-13-10-6-1-2-7-11-14(13)20-21(15)12-8-4-3-5-9-12/h3-5,8-9H,1-2,6-7,10-11H2. The molecule has 1 heterocycles. The van der Waals surface area contributed by atoms with Gasteiger partial charge in [0.1, 0.15) is 0 Å². The number of alkyl halides is 3. The minimum absolute atomic E-state index is 0.704. The average Bonchev–Trinajstić information content (AvgIpc) is 2.77. The van der Waals surface area contributed by atoms with Crippen LogP contribution in [0.4, 0.5) is 0 Å². The van der Waals surface area contributed by atoms with Crippen LogP contribution in [0.5, 0.6) is 0 Å². The van der Waals surface area contributed by atoms with E-state index < -0.39 is 3.79 Å². The van der Waals surface area contributed by atoms with Gasteiger partial charge in [0, 0.05) is 5.56 Å². The average molecular weight is 344 g/mol. The minimum Gasteiger partial charge on any atom is -0.233 e. The molecule has 3 rings (SSSR count). The molecule has 0 saturated heterocycles. The van der Waals surface area contributed by atoms with Crippen LogP contribution in [0.15, 0.2) is 30.3 Å². The number of fused-ring (bicyclic) bond motifs is 1. The summed E-state index contributed by atoms with van der Waals surface area (Å²) in [6.45, 7) is 0. The van der Waals surface area contributed by atoms with Gasteiger partial charge in [0.2, 0.25) is 3.79 Å². The number of halogens is 3. The fourth-order valence-electron chi connectivity index (χ4n) is 2.95. The first-order valence-electron chi connectivity index (χ1n) is 7.31. The summed E-state index contributed by atoms with van der Waals surface area (Å²) in [6, 6.07) is 9.88. The summed E-state index contributed by atoms with van der Waals surface area (Å²) in [6.07, 6.45) is 6.66. The second-order valence-corrected chi connectivity index (χ2v) is 7.71. The van der Waals surface area contributed by atoms with Crippen LogP contribution in [0.3, 0.4) is 0 Å². The quantitative estimate of drug-likeness (QED) is 0.637. The van der Waals surface area contributed by atoms with E-state index in [4.69, 9.17) is 39.9 Å². The zero-order valence-corrected chi connectivity index (χ0v) is 13.9. The van der Waals surface area contributed by atoms with Gasteiger partial charge in [0.15, 0.2) is 0 Å². The molecule has 0 amide bonds. The van der Waals surface area contributed by atoms with Gasteiger partial charge in [-0.25, -0.2) is 4.68 Å². The van der Waals surface area contributed by atoms with Gasteiger partial charge in [0.25, 0.3) is 0 Å². The van der Waals surface area contributed by atoms with Crippen LogP contribution in [-0.2, 0) is 16.6 Å². The van der Waals surface area contributed by atoms with Crippen molar-refractivity contribution in [1.82, 2.24) is 9.78 Å². The molecular weight excluding hydrogens is 327 g/mol. The third-order valence-corrected chi connectivity index (χ3v) is 4.46. The summed E-state index contributed by atoms with van der Waals surface area (Å²) >= 11 is 18.8. The lowest BCUT2D eigenvalue weighted by molar-refractivity contribution is 0.610. The highest BCUT2D eigenvalue weighted by Crippen LogP contribution is 2.43. The van der Waals surface area contributed by atoms with E-state index in [-0.39, 0.29) is 0 Å². The molecule has 0 aliphatic heterocycles. The van der Waals surface area contributed by atoms with Crippen LogP contribution in [0, 0.1) is 0 Å². The van der Waals surface area contributed by atoms with Crippen molar-refractivity contribution in [3.05, 3.63) is 47.3 Å². The Hall–Kier alpha value is -0.700. The van der Waals surface area contributed by atoms with Crippen molar-refractivity contribution in [2.24, 2.45) is 0 Å². The monoisotopic (exact) mass is 342 g/mol. The van der Waals surface area contributed by atoms with Crippen molar-refractivity contribution in [1.29, 1.82) is 0 Å². The summed E-state index contributed by atoms with van der Waals surface area (Å²) < 4.78 is 0.346. The summed E-state index contributed by atoms with van der Waals surface area (Å²) in [5, 5.41) is 4.75. The largest absolute Gasteiger partial charge is 0.233 e. The van der Waals surface area contributed by atoms with Gasteiger partial charge in [-0.15, -0.1) is 0 Å². The van der Waals surface area contributed by atoms with Crippen molar-refractivity contribution < 1.29 is 0 Å². The number of aromatic nitrogens is 2. The Bertz CT molecular complexity index is 614. The van der Waals surface area contributed by atoms with Crippen molar-refractivity contribution in [3.8, 4) is 5.69 Å². The van der Waals surface area contributed by atoms with Crippen LogP contribution >= 0.6 is 34.8 Å². The van der Waals surface area contributed by atoms with E-state index >= 15 is 0 Å². The molecule has 1 aliphatic carbocycles. The molecule has 0 unspecified atom stereocenters. The van der Waals surface area contributed by atoms with Gasteiger partial charge >= 0.3 is 0 Å². The second-order valence-electron chi connectivity index (χ2n) is 5.43. The van der Waals surface area contributed by atoms with Crippen LogP contribution in [0.25, 0.3) is 5.69 Å². The lowest BCUT2D eigenvalue weighted by atomic mass is 9.97. The van der Waals surface area contributed by atoms with Gasteiger partial charge in [0.05, 0.1) is 17.1 Å². The molecule has 2 nitrogen and oxygen atoms in total. The maximum Gasteiger partial charge on any atom is 0.232 e. The predicted molar refractivity (Wildman–Crippen MR) is 88.7 cm³/mol. The fourth-order valence-corrected chi connectivity index (χ4v) is 3.54. The lowest BCUT2D eigenvalue weighted by Crippen LogP contribution is -2.12. The predicted octanol–water partition coefficient (Wildman–Crippen LogP) is 5.36. The first kappa shape index (κ1) is 15.2. The normalized spacial score (nSPS) is 16.1. The zero-order chi connectivity index (χ0) is 14.9. The Labute approximate surface area is 140 Å². The number of nitrogens with zero attached hydrogens (tertiary/aromatic N) is 2. The van der Waals surface area contributed by atoms with Crippen LogP contribution in [-0.4, -0.2) is 9.78 Å². The third-order valence-electron chi connectivity index (χ3n) is 3.93. The lowest BCUT2D eigenvalue weighted by Gasteiger charge is -2.17. The first-order chi connectivity index (χ1) is 10.1. The van der Waals surface area contributed by atoms with Gasteiger partial charge in [-0.1, -0.05) is 65.8 Å². The SMILES string of the molecule is ClC(Cl)(Cl)c1c2c(nn1-c1ccccc1)CCCCCC2. The minimum atomic E-state index is -1.46. The van der Waals surface area contributed by atoms with Crippen molar-refractivity contribution in [3.63, 3.8) is 0 Å². The van der Waals surface area contributed by atoms with E-state index in [2.05, 4.69) is 0 Å². The van der Waals surface area contributed by atoms with E-state index in [9.17, 15) is 0 Å². The van der Waals surface area contributed by atoms with Crippen LogP contribution in [0.1, 0.15) is 42.6 Å². The van der Waals surface area contributed by atoms with Crippen molar-refractivity contribution in [2.75, 3.05) is 0 Å². The molecular formula is C16H17Cl3N2. The Morgan fingerprint density at radius 3 is 2.24 bits per heavy atom. The van der Waals surface area contributed by atoms with Gasteiger partial charge < -0.3 is 0 Å². The number of hydrogen-bond donors (Lipinski definition) is 0. The third kappa shape index (κ3) is 3.23. The van der Waals surface area contributed by atoms with Crippen LogP contribution < -0.4 is 0 Å². The van der Waals surface area contributed by atoms with Crippen LogP contribution in [0.2, 0.25) is 0 Å². The Kier molecular flexibility index (Phi) is 4.49. The number of hydrogen-bond acceptors (Lipinski definition) is 1. The molecule has 0 fully saturated rings. The molecule has 2 aromatic rings. The van der Waals surface area contributed by atoms with Gasteiger partial charge in [-0.05, 0) is 37.8 Å². The molecule has 1 aliphatic rings. The molecule has 0 saturated carbocycles. The molecule has 0 radical (unpaired) electrons. The fraction of sp³-hybridized carbons (Fsp3) is 0.438. The van der Waals surface area contributed by atoms with Crippen molar-refractivity contribution in [2.45, 2.75) is 42.3 Å². The number of para-hydroxylation sites is 1. The molecule has 21 heavy (non-hydrogen) atoms. The molecule has 0 spiro atoms. The zero-order valence-electron chi connectivity index (χ0n) is 11.7. The number of aryl methyl sites for hydroxylation is 1. The summed E-state index contributed by atoms with van der Waals surface area (Å²) in [4.78, 5) is 0. The highest BCUT2D eigenvalue weighted by molar-refractivity contribution is 6.66. The molecule has 0 atom stereocenters. The number of rotatable bonds is 1. The topological polar surface area (TPSA) is 17.8 Å². The highest BCUT2D eigenvalue weighted by Gasteiger charge is 2.34. The molecule has 1 aromatic carbocycles. The van der Waals surface area contributed by atoms with E-state index in [1.54, 1.807) is 0 Å². The van der Waals surface area contributed by atoms with E-state index in [0.717, 1.165) is 42.6 Å². The second kappa shape index (κ2) is 6.20. The summed E-state index contributed by atoms with van der Waals surface area (Å²) in [7, 11) is 0. The maximum absolute atomic E-state index is 6.26. The highest BCUT2D eigenvalue weighted by atomic mass is 35.6. The molecule has 5 heteroatoms. The maximum atomic E-state index is 6.26. The molecule has 0 N–H and O–H groups in total. The van der Waals surface area contributed by atoms with E-state index in [1.807, 2.05) is 35.0 Å². The first-order valence-corrected chi connectivity index (χ1v) is 8.44. The Morgan fingerprint density at radius 2 is 1.57 bits per heavy atom. The van der Waals surface area contributed by atoms with Gasteiger partial charge in [-0.2, -0.15) is 5.10 Å². The molecule has 1 aromatic heterocycles. The molecule has 0 bridgehead atoms. The van der Waals surface area contributed by atoms with Gasteiger partial charge in [-0.3, -0.25) is 0 Å². The van der Waals surface area contributed by atoms with E-state index in [0.29, 0.717) is 5.69 Å². The smallest absolute Gasteiger partial charge is 0.232 e. The summed E-state index contributed by atoms with van der Waals surface area (Å²) in [5.74, 6) is 0.